The fourth-order valence-corrected chi connectivity index (χ4v) is 3.32. The molecule has 0 bridgehead atoms. The van der Waals surface area contributed by atoms with E-state index in [1.165, 1.54) is 18.5 Å². The Labute approximate surface area is 126 Å². The van der Waals surface area contributed by atoms with Crippen molar-refractivity contribution in [1.29, 1.82) is 0 Å². The number of hydrogen-bond donors (Lipinski definition) is 3. The van der Waals surface area contributed by atoms with Crippen molar-refractivity contribution in [2.45, 2.75) is 4.90 Å². The van der Waals surface area contributed by atoms with Crippen LogP contribution in [-0.4, -0.2) is 18.4 Å². The summed E-state index contributed by atoms with van der Waals surface area (Å²) in [7, 11) is -3.79. The van der Waals surface area contributed by atoms with Gasteiger partial charge in [0.15, 0.2) is 0 Å². The van der Waals surface area contributed by atoms with Crippen LogP contribution in [0.5, 0.6) is 0 Å². The zero-order valence-corrected chi connectivity index (χ0v) is 12.2. The Kier molecular flexibility index (Phi) is 3.23. The molecule has 0 saturated carbocycles. The summed E-state index contributed by atoms with van der Waals surface area (Å²) in [4.78, 5) is 6.92. The van der Waals surface area contributed by atoms with Gasteiger partial charge in [0, 0.05) is 40.1 Å². The largest absolute Gasteiger partial charge is 0.399 e. The smallest absolute Gasteiger partial charge is 0.265 e. The topological polar surface area (TPSA) is 101 Å². The monoisotopic (exact) mass is 322 g/mol. The molecule has 0 amide bonds. The van der Waals surface area contributed by atoms with Crippen LogP contribution in [0.15, 0.2) is 47.6 Å². The first-order chi connectivity index (χ1) is 9.95. The molecule has 21 heavy (non-hydrogen) atoms. The van der Waals surface area contributed by atoms with Gasteiger partial charge >= 0.3 is 0 Å². The zero-order valence-electron chi connectivity index (χ0n) is 10.7. The molecule has 4 N–H and O–H groups in total. The Morgan fingerprint density at radius 1 is 1.24 bits per heavy atom. The van der Waals surface area contributed by atoms with Crippen molar-refractivity contribution < 1.29 is 8.42 Å². The van der Waals surface area contributed by atoms with Gasteiger partial charge in [0.25, 0.3) is 10.0 Å². The number of nitrogen functional groups attached to an aromatic ring is 1. The van der Waals surface area contributed by atoms with Crippen LogP contribution >= 0.6 is 11.6 Å². The summed E-state index contributed by atoms with van der Waals surface area (Å²) in [5.41, 5.74) is 6.88. The number of nitrogens with one attached hydrogen (secondary N) is 2. The minimum atomic E-state index is -3.79. The van der Waals surface area contributed by atoms with E-state index in [1.54, 1.807) is 24.3 Å². The summed E-state index contributed by atoms with van der Waals surface area (Å²) >= 11 is 5.82. The van der Waals surface area contributed by atoms with Gasteiger partial charge in [-0.2, -0.15) is 0 Å². The summed E-state index contributed by atoms with van der Waals surface area (Å²) in [6.07, 6.45) is 2.84. The van der Waals surface area contributed by atoms with Crippen LogP contribution in [-0.2, 0) is 10.0 Å². The molecule has 0 saturated heterocycles. The second kappa shape index (κ2) is 4.94. The lowest BCUT2D eigenvalue weighted by atomic mass is 10.2. The number of anilines is 2. The zero-order chi connectivity index (χ0) is 15.0. The van der Waals surface area contributed by atoms with Gasteiger partial charge in [0.2, 0.25) is 0 Å². The Morgan fingerprint density at radius 3 is 2.81 bits per heavy atom. The summed E-state index contributed by atoms with van der Waals surface area (Å²) in [5, 5.41) is 0.912. The highest BCUT2D eigenvalue weighted by Gasteiger charge is 2.19. The number of aromatic nitrogens is 2. The Hall–Kier alpha value is -2.25. The number of sulfonamides is 1. The van der Waals surface area contributed by atoms with Gasteiger partial charge in [-0.3, -0.25) is 4.72 Å². The minimum Gasteiger partial charge on any atom is -0.399 e. The van der Waals surface area contributed by atoms with Gasteiger partial charge in [-0.15, -0.1) is 0 Å². The molecule has 0 spiro atoms. The molecule has 0 aliphatic rings. The molecule has 1 aromatic carbocycles. The third kappa shape index (κ3) is 2.65. The summed E-state index contributed by atoms with van der Waals surface area (Å²) < 4.78 is 27.3. The highest BCUT2D eigenvalue weighted by Crippen LogP contribution is 2.26. The molecular weight excluding hydrogens is 312 g/mol. The molecular formula is C13H11ClN4O2S. The first-order valence-electron chi connectivity index (χ1n) is 5.97. The van der Waals surface area contributed by atoms with E-state index in [4.69, 9.17) is 17.3 Å². The van der Waals surface area contributed by atoms with Crippen LogP contribution < -0.4 is 10.5 Å². The number of rotatable bonds is 3. The lowest BCUT2D eigenvalue weighted by Gasteiger charge is -2.06. The van der Waals surface area contributed by atoms with Gasteiger partial charge in [-0.05, 0) is 24.3 Å². The normalized spacial score (nSPS) is 11.7. The van der Waals surface area contributed by atoms with Gasteiger partial charge in [-0.25, -0.2) is 13.4 Å². The van der Waals surface area contributed by atoms with E-state index < -0.39 is 10.0 Å². The maximum absolute atomic E-state index is 12.4. The molecule has 0 atom stereocenters. The standard InChI is InChI=1S/C13H11ClN4O2S/c14-8-3-4-16-13(5-8)18-21(19,20)12-7-17-11-2-1-9(15)6-10(11)12/h1-7,17H,15H2,(H,16,18). The predicted molar refractivity (Wildman–Crippen MR) is 82.8 cm³/mol. The molecule has 6 nitrogen and oxygen atoms in total. The van der Waals surface area contributed by atoms with Crippen molar-refractivity contribution in [2.24, 2.45) is 0 Å². The summed E-state index contributed by atoms with van der Waals surface area (Å²) in [6.45, 7) is 0. The van der Waals surface area contributed by atoms with E-state index in [2.05, 4.69) is 14.7 Å². The summed E-state index contributed by atoms with van der Waals surface area (Å²) in [6, 6.07) is 8.02. The van der Waals surface area contributed by atoms with Gasteiger partial charge in [0.1, 0.15) is 10.7 Å². The van der Waals surface area contributed by atoms with Crippen LogP contribution in [0, 0.1) is 0 Å². The van der Waals surface area contributed by atoms with Crippen molar-refractivity contribution in [3.63, 3.8) is 0 Å². The number of hydrogen-bond acceptors (Lipinski definition) is 4. The average molecular weight is 323 g/mol. The molecule has 2 aromatic heterocycles. The lowest BCUT2D eigenvalue weighted by Crippen LogP contribution is -2.13. The number of pyridine rings is 1. The van der Waals surface area contributed by atoms with E-state index in [-0.39, 0.29) is 10.7 Å². The van der Waals surface area contributed by atoms with E-state index in [0.29, 0.717) is 21.6 Å². The number of nitrogens with two attached hydrogens (primary N) is 1. The fourth-order valence-electron chi connectivity index (χ4n) is 1.99. The van der Waals surface area contributed by atoms with Crippen molar-refractivity contribution in [3.05, 3.63) is 47.7 Å². The molecule has 0 unspecified atom stereocenters. The van der Waals surface area contributed by atoms with E-state index in [0.717, 1.165) is 0 Å². The van der Waals surface area contributed by atoms with Crippen LogP contribution in [0.2, 0.25) is 5.02 Å². The molecule has 0 aliphatic carbocycles. The molecule has 8 heteroatoms. The third-order valence-corrected chi connectivity index (χ3v) is 4.55. The van der Waals surface area contributed by atoms with Crippen LogP contribution in [0.25, 0.3) is 10.9 Å². The second-order valence-electron chi connectivity index (χ2n) is 4.42. The van der Waals surface area contributed by atoms with Gasteiger partial charge in [-0.1, -0.05) is 11.6 Å². The molecule has 2 heterocycles. The number of benzene rings is 1. The lowest BCUT2D eigenvalue weighted by molar-refractivity contribution is 0.602. The van der Waals surface area contributed by atoms with Crippen molar-refractivity contribution in [2.75, 3.05) is 10.5 Å². The first kappa shape index (κ1) is 13.7. The van der Waals surface area contributed by atoms with Crippen LogP contribution in [0.4, 0.5) is 11.5 Å². The van der Waals surface area contributed by atoms with Crippen molar-refractivity contribution in [1.82, 2.24) is 9.97 Å². The van der Waals surface area contributed by atoms with E-state index >= 15 is 0 Å². The summed E-state index contributed by atoms with van der Waals surface area (Å²) in [5.74, 6) is 0.153. The minimum absolute atomic E-state index is 0.103. The molecule has 0 radical (unpaired) electrons. The Morgan fingerprint density at radius 2 is 2.05 bits per heavy atom. The number of H-pyrrole nitrogens is 1. The van der Waals surface area contributed by atoms with Crippen LogP contribution in [0.1, 0.15) is 0 Å². The average Bonchev–Trinajstić information content (AvgIpc) is 2.81. The Bertz CT molecular complexity index is 921. The van der Waals surface area contributed by atoms with Crippen LogP contribution in [0.3, 0.4) is 0 Å². The molecule has 0 fully saturated rings. The van der Waals surface area contributed by atoms with E-state index in [1.807, 2.05) is 0 Å². The van der Waals surface area contributed by atoms with Gasteiger partial charge < -0.3 is 10.7 Å². The number of aromatic amines is 1. The first-order valence-corrected chi connectivity index (χ1v) is 7.83. The molecule has 108 valence electrons. The van der Waals surface area contributed by atoms with Crippen molar-refractivity contribution in [3.8, 4) is 0 Å². The fraction of sp³-hybridized carbons (Fsp3) is 0. The highest BCUT2D eigenvalue weighted by molar-refractivity contribution is 7.93. The SMILES string of the molecule is Nc1ccc2[nH]cc(S(=O)(=O)Nc3cc(Cl)ccn3)c2c1. The molecule has 3 rings (SSSR count). The van der Waals surface area contributed by atoms with Gasteiger partial charge in [0.05, 0.1) is 0 Å². The third-order valence-electron chi connectivity index (χ3n) is 2.92. The predicted octanol–water partition coefficient (Wildman–Crippen LogP) is 2.60. The Balaban J connectivity index is 2.06. The highest BCUT2D eigenvalue weighted by atomic mass is 35.5. The van der Waals surface area contributed by atoms with E-state index in [9.17, 15) is 8.42 Å². The number of halogens is 1. The van der Waals surface area contributed by atoms with Crippen molar-refractivity contribution >= 4 is 44.0 Å². The number of fused-ring (bicyclic) bond motifs is 1. The number of nitrogens with zero attached hydrogens (tertiary/aromatic N) is 1. The quantitative estimate of drug-likeness (QED) is 0.645. The second-order valence-corrected chi connectivity index (χ2v) is 6.51. The molecule has 0 aliphatic heterocycles. The maximum Gasteiger partial charge on any atom is 0.265 e. The maximum atomic E-state index is 12.4. The molecule has 3 aromatic rings.